The van der Waals surface area contributed by atoms with Gasteiger partial charge in [0.25, 0.3) is 0 Å². The van der Waals surface area contributed by atoms with E-state index in [2.05, 4.69) is 81.5 Å². The van der Waals surface area contributed by atoms with Gasteiger partial charge in [-0.25, -0.2) is 0 Å². The lowest BCUT2D eigenvalue weighted by Gasteiger charge is -2.22. The molecule has 0 aliphatic rings. The molecule has 1 heteroatoms. The Labute approximate surface area is 123 Å². The van der Waals surface area contributed by atoms with E-state index < -0.39 is 0 Å². The summed E-state index contributed by atoms with van der Waals surface area (Å²) in [4.78, 5) is 0. The number of hydrogen-bond acceptors (Lipinski definition) is 1. The van der Waals surface area contributed by atoms with Crippen LogP contribution in [0, 0.1) is 6.92 Å². The molecular formula is C19H25N. The van der Waals surface area contributed by atoms with Crippen LogP contribution in [0.2, 0.25) is 0 Å². The Morgan fingerprint density at radius 2 is 1.55 bits per heavy atom. The second-order valence-corrected chi connectivity index (χ2v) is 5.56. The summed E-state index contributed by atoms with van der Waals surface area (Å²) in [5, 5.41) is 3.69. The van der Waals surface area contributed by atoms with E-state index >= 15 is 0 Å². The average molecular weight is 267 g/mol. The monoisotopic (exact) mass is 267 g/mol. The Bertz CT molecular complexity index is 542. The molecule has 0 amide bonds. The Morgan fingerprint density at radius 1 is 0.900 bits per heavy atom. The van der Waals surface area contributed by atoms with Crippen LogP contribution in [0.1, 0.15) is 55.1 Å². The standard InChI is InChI=1S/C19H25N/c1-5-17-10-12-18(13-11-17)15(3)20-16(4)19-9-7-6-8-14(19)2/h6-13,15-16,20H,5H2,1-4H3/t15?,16-/m0/s1. The molecule has 1 N–H and O–H groups in total. The average Bonchev–Trinajstić information content (AvgIpc) is 2.47. The molecule has 0 radical (unpaired) electrons. The zero-order chi connectivity index (χ0) is 14.5. The lowest BCUT2D eigenvalue weighted by molar-refractivity contribution is 0.493. The van der Waals surface area contributed by atoms with Crippen molar-refractivity contribution in [2.75, 3.05) is 0 Å². The van der Waals surface area contributed by atoms with Crippen LogP contribution in [0.5, 0.6) is 0 Å². The van der Waals surface area contributed by atoms with Gasteiger partial charge in [-0.3, -0.25) is 0 Å². The minimum Gasteiger partial charge on any atom is -0.304 e. The zero-order valence-corrected chi connectivity index (χ0v) is 13.0. The quantitative estimate of drug-likeness (QED) is 0.806. The van der Waals surface area contributed by atoms with Gasteiger partial charge >= 0.3 is 0 Å². The van der Waals surface area contributed by atoms with Crippen molar-refractivity contribution >= 4 is 0 Å². The first-order valence-corrected chi connectivity index (χ1v) is 7.52. The molecule has 1 nitrogen and oxygen atoms in total. The Morgan fingerprint density at radius 3 is 2.15 bits per heavy atom. The van der Waals surface area contributed by atoms with Crippen molar-refractivity contribution in [2.45, 2.75) is 46.2 Å². The molecule has 0 aromatic heterocycles. The third-order valence-electron chi connectivity index (χ3n) is 4.04. The number of aryl methyl sites for hydroxylation is 2. The second kappa shape index (κ2) is 6.71. The maximum absolute atomic E-state index is 3.69. The third-order valence-corrected chi connectivity index (χ3v) is 4.04. The van der Waals surface area contributed by atoms with E-state index in [1.807, 2.05) is 0 Å². The molecule has 0 bridgehead atoms. The largest absolute Gasteiger partial charge is 0.304 e. The van der Waals surface area contributed by atoms with Gasteiger partial charge in [0, 0.05) is 12.1 Å². The maximum atomic E-state index is 3.69. The van der Waals surface area contributed by atoms with Crippen LogP contribution in [0.4, 0.5) is 0 Å². The first-order valence-electron chi connectivity index (χ1n) is 7.52. The second-order valence-electron chi connectivity index (χ2n) is 5.56. The molecule has 20 heavy (non-hydrogen) atoms. The van der Waals surface area contributed by atoms with Crippen molar-refractivity contribution in [3.05, 3.63) is 70.8 Å². The van der Waals surface area contributed by atoms with Gasteiger partial charge in [-0.2, -0.15) is 0 Å². The number of nitrogens with one attached hydrogen (secondary N) is 1. The van der Waals surface area contributed by atoms with Crippen LogP contribution < -0.4 is 5.32 Å². The molecule has 0 saturated carbocycles. The summed E-state index contributed by atoms with van der Waals surface area (Å²) >= 11 is 0. The van der Waals surface area contributed by atoms with E-state index in [0.717, 1.165) is 6.42 Å². The van der Waals surface area contributed by atoms with Crippen LogP contribution in [0.25, 0.3) is 0 Å². The van der Waals surface area contributed by atoms with Gasteiger partial charge in [-0.15, -0.1) is 0 Å². The summed E-state index contributed by atoms with van der Waals surface area (Å²) in [6, 6.07) is 18.2. The highest BCUT2D eigenvalue weighted by Crippen LogP contribution is 2.22. The van der Waals surface area contributed by atoms with Crippen molar-refractivity contribution in [2.24, 2.45) is 0 Å². The number of benzene rings is 2. The van der Waals surface area contributed by atoms with Crippen molar-refractivity contribution < 1.29 is 0 Å². The van der Waals surface area contributed by atoms with Gasteiger partial charge < -0.3 is 5.32 Å². The molecule has 0 aliphatic heterocycles. The molecule has 2 aromatic carbocycles. The molecule has 0 heterocycles. The lowest BCUT2D eigenvalue weighted by Crippen LogP contribution is -2.23. The van der Waals surface area contributed by atoms with Crippen molar-refractivity contribution in [3.8, 4) is 0 Å². The normalized spacial score (nSPS) is 14.0. The molecule has 2 rings (SSSR count). The molecule has 0 fully saturated rings. The number of rotatable bonds is 5. The van der Waals surface area contributed by atoms with Gasteiger partial charge in [0.2, 0.25) is 0 Å². The van der Waals surface area contributed by atoms with Crippen LogP contribution in [-0.2, 0) is 6.42 Å². The van der Waals surface area contributed by atoms with Crippen molar-refractivity contribution in [1.29, 1.82) is 0 Å². The molecule has 106 valence electrons. The predicted molar refractivity (Wildman–Crippen MR) is 87.0 cm³/mol. The maximum Gasteiger partial charge on any atom is 0.0300 e. The van der Waals surface area contributed by atoms with Crippen molar-refractivity contribution in [1.82, 2.24) is 5.32 Å². The molecule has 2 aromatic rings. The highest BCUT2D eigenvalue weighted by molar-refractivity contribution is 5.29. The molecule has 0 spiro atoms. The molecule has 0 saturated heterocycles. The molecule has 2 atom stereocenters. The van der Waals surface area contributed by atoms with Crippen LogP contribution in [0.3, 0.4) is 0 Å². The Balaban J connectivity index is 2.06. The van der Waals surface area contributed by atoms with Gasteiger partial charge in [-0.05, 0) is 49.4 Å². The van der Waals surface area contributed by atoms with Crippen LogP contribution in [0.15, 0.2) is 48.5 Å². The minimum atomic E-state index is 0.357. The van der Waals surface area contributed by atoms with Gasteiger partial charge in [0.05, 0.1) is 0 Å². The van der Waals surface area contributed by atoms with E-state index in [-0.39, 0.29) is 0 Å². The summed E-state index contributed by atoms with van der Waals surface area (Å²) in [5.74, 6) is 0. The van der Waals surface area contributed by atoms with E-state index in [9.17, 15) is 0 Å². The summed E-state index contributed by atoms with van der Waals surface area (Å²) in [5.41, 5.74) is 5.47. The van der Waals surface area contributed by atoms with Crippen LogP contribution >= 0.6 is 0 Å². The SMILES string of the molecule is CCc1ccc(C(C)N[C@@H](C)c2ccccc2C)cc1. The molecular weight excluding hydrogens is 242 g/mol. The fourth-order valence-corrected chi connectivity index (χ4v) is 2.68. The molecule has 0 aliphatic carbocycles. The van der Waals surface area contributed by atoms with E-state index in [1.165, 1.54) is 22.3 Å². The first-order chi connectivity index (χ1) is 9.61. The van der Waals surface area contributed by atoms with E-state index in [1.54, 1.807) is 0 Å². The first kappa shape index (κ1) is 14.8. The Kier molecular flexibility index (Phi) is 4.97. The highest BCUT2D eigenvalue weighted by Gasteiger charge is 2.12. The fraction of sp³-hybridized carbons (Fsp3) is 0.368. The topological polar surface area (TPSA) is 12.0 Å². The fourth-order valence-electron chi connectivity index (χ4n) is 2.68. The van der Waals surface area contributed by atoms with E-state index in [4.69, 9.17) is 0 Å². The minimum absolute atomic E-state index is 0.357. The predicted octanol–water partition coefficient (Wildman–Crippen LogP) is 4.97. The van der Waals surface area contributed by atoms with Crippen LogP contribution in [-0.4, -0.2) is 0 Å². The summed E-state index contributed by atoms with van der Waals surface area (Å²) in [6.45, 7) is 8.83. The van der Waals surface area contributed by atoms with E-state index in [0.29, 0.717) is 12.1 Å². The molecule has 1 unspecified atom stereocenters. The third kappa shape index (κ3) is 3.49. The summed E-state index contributed by atoms with van der Waals surface area (Å²) < 4.78 is 0. The van der Waals surface area contributed by atoms with Crippen molar-refractivity contribution in [3.63, 3.8) is 0 Å². The smallest absolute Gasteiger partial charge is 0.0300 e. The summed E-state index contributed by atoms with van der Waals surface area (Å²) in [6.07, 6.45) is 1.10. The zero-order valence-electron chi connectivity index (χ0n) is 13.0. The van der Waals surface area contributed by atoms with Gasteiger partial charge in [0.15, 0.2) is 0 Å². The highest BCUT2D eigenvalue weighted by atomic mass is 14.9. The Hall–Kier alpha value is -1.60. The lowest BCUT2D eigenvalue weighted by atomic mass is 10.00. The van der Waals surface area contributed by atoms with Gasteiger partial charge in [-0.1, -0.05) is 55.5 Å². The van der Waals surface area contributed by atoms with Gasteiger partial charge in [0.1, 0.15) is 0 Å². The summed E-state index contributed by atoms with van der Waals surface area (Å²) in [7, 11) is 0. The number of hydrogen-bond donors (Lipinski definition) is 1.